The van der Waals surface area contributed by atoms with Crippen LogP contribution in [-0.4, -0.2) is 32.4 Å². The SMILES string of the molecule is CC(C)(CNC(=O)OC(C)(C)C)CS(=O)(=O)F. The second-order valence-electron chi connectivity index (χ2n) is 5.70. The van der Waals surface area contributed by atoms with Gasteiger partial charge in [0.15, 0.2) is 0 Å². The second kappa shape index (κ2) is 5.20. The number of halogens is 1. The fourth-order valence-electron chi connectivity index (χ4n) is 1.14. The summed E-state index contributed by atoms with van der Waals surface area (Å²) in [5.74, 6) is -0.643. The Balaban J connectivity index is 4.24. The topological polar surface area (TPSA) is 72.5 Å². The van der Waals surface area contributed by atoms with Gasteiger partial charge in [-0.05, 0) is 26.2 Å². The van der Waals surface area contributed by atoms with Gasteiger partial charge >= 0.3 is 16.3 Å². The molecule has 0 aliphatic carbocycles. The van der Waals surface area contributed by atoms with Crippen molar-refractivity contribution in [3.8, 4) is 0 Å². The Labute approximate surface area is 102 Å². The standard InChI is InChI=1S/C10H20FNO4S/c1-9(2,3)16-8(13)12-6-10(4,5)7-17(11,14)15/h6-7H2,1-5H3,(H,12,13). The number of alkyl carbamates (subject to hydrolysis) is 1. The molecule has 7 heteroatoms. The number of hydrogen-bond donors (Lipinski definition) is 1. The third-order valence-electron chi connectivity index (χ3n) is 1.67. The molecule has 0 aromatic heterocycles. The van der Waals surface area contributed by atoms with E-state index in [-0.39, 0.29) is 6.54 Å². The Morgan fingerprint density at radius 1 is 1.24 bits per heavy atom. The van der Waals surface area contributed by atoms with Crippen molar-refractivity contribution in [1.82, 2.24) is 5.32 Å². The van der Waals surface area contributed by atoms with Crippen LogP contribution in [0.2, 0.25) is 0 Å². The van der Waals surface area contributed by atoms with E-state index in [9.17, 15) is 17.1 Å². The summed E-state index contributed by atoms with van der Waals surface area (Å²) in [6.45, 7) is 8.24. The van der Waals surface area contributed by atoms with E-state index in [2.05, 4.69) is 5.32 Å². The van der Waals surface area contributed by atoms with Crippen molar-refractivity contribution in [1.29, 1.82) is 0 Å². The first-order valence-electron chi connectivity index (χ1n) is 5.20. The van der Waals surface area contributed by atoms with Gasteiger partial charge in [-0.15, -0.1) is 3.89 Å². The zero-order valence-electron chi connectivity index (χ0n) is 10.8. The highest BCUT2D eigenvalue weighted by atomic mass is 32.3. The van der Waals surface area contributed by atoms with E-state index in [1.54, 1.807) is 34.6 Å². The number of rotatable bonds is 4. The van der Waals surface area contributed by atoms with Crippen molar-refractivity contribution in [3.63, 3.8) is 0 Å². The van der Waals surface area contributed by atoms with Crippen LogP contribution >= 0.6 is 0 Å². The molecule has 0 fully saturated rings. The van der Waals surface area contributed by atoms with Crippen molar-refractivity contribution in [2.24, 2.45) is 5.41 Å². The first-order valence-corrected chi connectivity index (χ1v) is 6.75. The van der Waals surface area contributed by atoms with Crippen LogP contribution in [0.3, 0.4) is 0 Å². The molecular weight excluding hydrogens is 249 g/mol. The fourth-order valence-corrected chi connectivity index (χ4v) is 2.18. The Hall–Kier alpha value is -0.850. The molecule has 0 aromatic rings. The lowest BCUT2D eigenvalue weighted by Gasteiger charge is -2.25. The van der Waals surface area contributed by atoms with Gasteiger partial charge in [-0.3, -0.25) is 0 Å². The van der Waals surface area contributed by atoms with E-state index in [0.717, 1.165) is 0 Å². The highest BCUT2D eigenvalue weighted by Gasteiger charge is 2.27. The summed E-state index contributed by atoms with van der Waals surface area (Å²) in [7, 11) is -4.56. The number of hydrogen-bond acceptors (Lipinski definition) is 4. The van der Waals surface area contributed by atoms with Gasteiger partial charge in [-0.2, -0.15) is 8.42 Å². The third kappa shape index (κ3) is 10.0. The molecule has 0 aromatic carbocycles. The second-order valence-corrected chi connectivity index (χ2v) is 7.07. The lowest BCUT2D eigenvalue weighted by molar-refractivity contribution is 0.0509. The smallest absolute Gasteiger partial charge is 0.407 e. The van der Waals surface area contributed by atoms with E-state index in [1.807, 2.05) is 0 Å². The van der Waals surface area contributed by atoms with Gasteiger partial charge in [-0.25, -0.2) is 4.79 Å². The molecule has 0 radical (unpaired) electrons. The predicted octanol–water partition coefficient (Wildman–Crippen LogP) is 1.84. The molecule has 102 valence electrons. The number of ether oxygens (including phenoxy) is 1. The van der Waals surface area contributed by atoms with E-state index in [0.29, 0.717) is 0 Å². The molecular formula is C10H20FNO4S. The lowest BCUT2D eigenvalue weighted by Crippen LogP contribution is -2.40. The van der Waals surface area contributed by atoms with Gasteiger partial charge in [0.25, 0.3) is 0 Å². The van der Waals surface area contributed by atoms with E-state index >= 15 is 0 Å². The summed E-state index contributed by atoms with van der Waals surface area (Å²) in [4.78, 5) is 11.3. The summed E-state index contributed by atoms with van der Waals surface area (Å²) in [5.41, 5.74) is -1.51. The van der Waals surface area contributed by atoms with Crippen LogP contribution in [0, 0.1) is 5.41 Å². The zero-order valence-corrected chi connectivity index (χ0v) is 11.6. The Morgan fingerprint density at radius 3 is 2.06 bits per heavy atom. The zero-order chi connectivity index (χ0) is 13.9. The maximum Gasteiger partial charge on any atom is 0.407 e. The average molecular weight is 269 g/mol. The third-order valence-corrected chi connectivity index (χ3v) is 2.80. The molecule has 17 heavy (non-hydrogen) atoms. The molecule has 0 rings (SSSR count). The van der Waals surface area contributed by atoms with Gasteiger partial charge in [0.2, 0.25) is 0 Å². The van der Waals surface area contributed by atoms with Crippen molar-refractivity contribution in [2.45, 2.75) is 40.2 Å². The normalized spacial score (nSPS) is 13.3. The van der Waals surface area contributed by atoms with E-state index < -0.39 is 33.1 Å². The fraction of sp³-hybridized carbons (Fsp3) is 0.900. The minimum atomic E-state index is -4.56. The Morgan fingerprint density at radius 2 is 1.71 bits per heavy atom. The van der Waals surface area contributed by atoms with Gasteiger partial charge < -0.3 is 10.1 Å². The summed E-state index contributed by atoms with van der Waals surface area (Å²) in [6.07, 6.45) is -0.651. The van der Waals surface area contributed by atoms with Gasteiger partial charge in [0.05, 0.1) is 5.75 Å². The van der Waals surface area contributed by atoms with Crippen molar-refractivity contribution in [3.05, 3.63) is 0 Å². The van der Waals surface area contributed by atoms with Crippen molar-refractivity contribution >= 4 is 16.3 Å². The van der Waals surface area contributed by atoms with Crippen LogP contribution in [0.5, 0.6) is 0 Å². The average Bonchev–Trinajstić information content (AvgIpc) is 1.92. The summed E-state index contributed by atoms with van der Waals surface area (Å²) >= 11 is 0. The molecule has 0 spiro atoms. The highest BCUT2D eigenvalue weighted by Crippen LogP contribution is 2.18. The summed E-state index contributed by atoms with van der Waals surface area (Å²) in [6, 6.07) is 0. The molecule has 0 unspecified atom stereocenters. The molecule has 5 nitrogen and oxygen atoms in total. The minimum absolute atomic E-state index is 0.0189. The predicted molar refractivity (Wildman–Crippen MR) is 62.9 cm³/mol. The van der Waals surface area contributed by atoms with Crippen molar-refractivity contribution < 1.29 is 21.8 Å². The van der Waals surface area contributed by atoms with Crippen LogP contribution < -0.4 is 5.32 Å². The molecule has 0 aliphatic rings. The molecule has 0 aliphatic heterocycles. The van der Waals surface area contributed by atoms with Crippen LogP contribution in [0.1, 0.15) is 34.6 Å². The molecule has 1 N–H and O–H groups in total. The van der Waals surface area contributed by atoms with Crippen LogP contribution in [0.15, 0.2) is 0 Å². The van der Waals surface area contributed by atoms with Crippen LogP contribution in [0.25, 0.3) is 0 Å². The van der Waals surface area contributed by atoms with E-state index in [4.69, 9.17) is 4.74 Å². The Kier molecular flexibility index (Phi) is 4.94. The number of carbonyl (C=O) groups excluding carboxylic acids is 1. The largest absolute Gasteiger partial charge is 0.444 e. The first-order chi connectivity index (χ1) is 7.31. The molecule has 0 saturated heterocycles. The molecule has 0 bridgehead atoms. The minimum Gasteiger partial charge on any atom is -0.444 e. The number of amides is 1. The highest BCUT2D eigenvalue weighted by molar-refractivity contribution is 7.86. The quantitative estimate of drug-likeness (QED) is 0.790. The van der Waals surface area contributed by atoms with Gasteiger partial charge in [-0.1, -0.05) is 13.8 Å². The van der Waals surface area contributed by atoms with Gasteiger partial charge in [0, 0.05) is 6.54 Å². The maximum absolute atomic E-state index is 12.5. The molecule has 0 saturated carbocycles. The van der Waals surface area contributed by atoms with Crippen LogP contribution in [0.4, 0.5) is 8.68 Å². The monoisotopic (exact) mass is 269 g/mol. The molecule has 0 atom stereocenters. The summed E-state index contributed by atoms with van der Waals surface area (Å²) < 4.78 is 38.5. The first kappa shape index (κ1) is 16.1. The van der Waals surface area contributed by atoms with Crippen LogP contribution in [-0.2, 0) is 15.0 Å². The number of nitrogens with one attached hydrogen (secondary N) is 1. The molecule has 1 amide bonds. The maximum atomic E-state index is 12.5. The summed E-state index contributed by atoms with van der Waals surface area (Å²) in [5, 5.41) is 2.41. The molecule has 0 heterocycles. The van der Waals surface area contributed by atoms with Crippen molar-refractivity contribution in [2.75, 3.05) is 12.3 Å². The van der Waals surface area contributed by atoms with E-state index in [1.165, 1.54) is 0 Å². The Bertz CT molecular complexity index is 370. The lowest BCUT2D eigenvalue weighted by atomic mass is 9.97. The van der Waals surface area contributed by atoms with Gasteiger partial charge in [0.1, 0.15) is 5.60 Å². The number of carbonyl (C=O) groups is 1.